The number of allylic oxidation sites excluding steroid dienone is 1. The molecule has 1 fully saturated rings. The molecule has 0 spiro atoms. The number of hydrogen-bond acceptors (Lipinski definition) is 12. The molecular formula is C57H65N7O9. The number of fused-ring (bicyclic) bond motifs is 5. The van der Waals surface area contributed by atoms with E-state index in [4.69, 9.17) is 23.7 Å². The Hall–Kier alpha value is -6.98. The minimum Gasteiger partial charge on any atom is -0.491 e. The predicted octanol–water partition coefficient (Wildman–Crippen LogP) is 6.53. The van der Waals surface area contributed by atoms with E-state index in [1.807, 2.05) is 79.1 Å². The molecule has 73 heavy (non-hydrogen) atoms. The molecular weight excluding hydrogens is 927 g/mol. The molecule has 1 aliphatic heterocycles. The molecule has 4 heterocycles. The zero-order valence-electron chi connectivity index (χ0n) is 41.6. The molecule has 3 amide bonds. The van der Waals surface area contributed by atoms with Crippen LogP contribution < -0.4 is 25.4 Å². The Morgan fingerprint density at radius 2 is 1.55 bits per heavy atom. The van der Waals surface area contributed by atoms with Gasteiger partial charge < -0.3 is 49.5 Å². The Labute approximate surface area is 425 Å². The molecule has 9 rings (SSSR count). The number of aldehydes is 1. The second-order valence-corrected chi connectivity index (χ2v) is 19.0. The predicted molar refractivity (Wildman–Crippen MR) is 277 cm³/mol. The number of ether oxygens (including phenoxy) is 5. The standard InChI is InChI=1S/C57H65N7O9/c1-38(58-2)54(66)62-53(40-10-4-3-5-11-40)56(68)64-36-44-31-45(17-14-42(44)33-51(64)55(67)63-57(37-65)21-8-12-39-9-6-7-13-48(39)57)72-29-27-70-25-23-69-24-26-71-28-30-73-52-19-16-43(34-60-52)41-15-18-46-47-35-59-22-20-49(47)61-50(46)32-41/h6-9,13-22,31-32,34-35,37-38,40,51,53,58,61H,3-5,10-12,23-30,33,36H2,1-2H3,(H,62,66)(H,63,67)/t38-,51-,53-,57+/m0/s1. The molecule has 1 saturated carbocycles. The summed E-state index contributed by atoms with van der Waals surface area (Å²) in [6.45, 7) is 4.83. The molecule has 3 aliphatic rings. The number of hydrogen-bond donors (Lipinski definition) is 4. The lowest BCUT2D eigenvalue weighted by molar-refractivity contribution is -0.147. The van der Waals surface area contributed by atoms with E-state index in [1.165, 1.54) is 0 Å². The summed E-state index contributed by atoms with van der Waals surface area (Å²) in [7, 11) is 1.70. The number of benzene rings is 3. The van der Waals surface area contributed by atoms with Crippen LogP contribution >= 0.6 is 0 Å². The van der Waals surface area contributed by atoms with Crippen molar-refractivity contribution in [1.82, 2.24) is 35.8 Å². The van der Waals surface area contributed by atoms with Gasteiger partial charge in [0.05, 0.1) is 45.7 Å². The highest BCUT2D eigenvalue weighted by Crippen LogP contribution is 2.35. The Bertz CT molecular complexity index is 2900. The number of aromatic nitrogens is 3. The summed E-state index contributed by atoms with van der Waals surface area (Å²) in [6.07, 6.45) is 15.3. The van der Waals surface area contributed by atoms with Crippen LogP contribution in [0.3, 0.4) is 0 Å². The molecule has 6 aromatic rings. The number of nitrogens with zero attached hydrogens (tertiary/aromatic N) is 3. The molecule has 16 heteroatoms. The molecule has 0 saturated heterocycles. The van der Waals surface area contributed by atoms with Gasteiger partial charge in [-0.1, -0.05) is 73.9 Å². The van der Waals surface area contributed by atoms with Gasteiger partial charge in [0.2, 0.25) is 23.6 Å². The molecule has 3 aromatic heterocycles. The van der Waals surface area contributed by atoms with Crippen molar-refractivity contribution in [3.05, 3.63) is 132 Å². The number of carbonyl (C=O) groups is 4. The van der Waals surface area contributed by atoms with E-state index in [-0.39, 0.29) is 37.3 Å². The zero-order valence-corrected chi connectivity index (χ0v) is 41.6. The van der Waals surface area contributed by atoms with Gasteiger partial charge in [-0.3, -0.25) is 24.2 Å². The van der Waals surface area contributed by atoms with Gasteiger partial charge in [-0.15, -0.1) is 0 Å². The van der Waals surface area contributed by atoms with Crippen LogP contribution in [0.15, 0.2) is 110 Å². The van der Waals surface area contributed by atoms with Crippen LogP contribution in [0.5, 0.6) is 11.6 Å². The van der Waals surface area contributed by atoms with E-state index in [1.54, 1.807) is 31.1 Å². The number of aromatic amines is 1. The molecule has 0 bridgehead atoms. The summed E-state index contributed by atoms with van der Waals surface area (Å²) >= 11 is 0. The highest BCUT2D eigenvalue weighted by atomic mass is 16.6. The number of likely N-dealkylation sites (N-methyl/N-ethyl adjacent to an activating group) is 1. The van der Waals surface area contributed by atoms with Crippen molar-refractivity contribution < 1.29 is 42.9 Å². The number of nitrogens with one attached hydrogen (secondary N) is 4. The van der Waals surface area contributed by atoms with Crippen LogP contribution in [0, 0.1) is 5.92 Å². The molecule has 0 unspecified atom stereocenters. The van der Waals surface area contributed by atoms with Gasteiger partial charge in [0.15, 0.2) is 6.29 Å². The van der Waals surface area contributed by atoms with Gasteiger partial charge in [0, 0.05) is 65.0 Å². The Balaban J connectivity index is 0.726. The third kappa shape index (κ3) is 12.1. The Morgan fingerprint density at radius 1 is 0.795 bits per heavy atom. The summed E-state index contributed by atoms with van der Waals surface area (Å²) in [6, 6.07) is 23.1. The lowest BCUT2D eigenvalue weighted by atomic mass is 9.81. The monoisotopic (exact) mass is 991 g/mol. The SMILES string of the molecule is CN[C@@H](C)C(=O)N[C@H](C(=O)N1Cc2cc(OCCOCCOCCOCCOc3ccc(-c4ccc5c(c4)[nH]c4ccncc45)cn3)ccc2C[C@H]1C(=O)N[C@@]1(C=O)C=CCc2ccccc21)C1CCCCC1. The molecule has 16 nitrogen and oxygen atoms in total. The molecule has 4 atom stereocenters. The van der Waals surface area contributed by atoms with Crippen molar-refractivity contribution in [3.63, 3.8) is 0 Å². The third-order valence-corrected chi connectivity index (χ3v) is 14.3. The van der Waals surface area contributed by atoms with Gasteiger partial charge in [0.1, 0.15) is 36.6 Å². The lowest BCUT2D eigenvalue weighted by Gasteiger charge is -2.42. The normalized spacial score (nSPS) is 18.4. The van der Waals surface area contributed by atoms with Crippen LogP contribution in [0.1, 0.15) is 61.3 Å². The van der Waals surface area contributed by atoms with E-state index in [9.17, 15) is 19.2 Å². The fourth-order valence-corrected chi connectivity index (χ4v) is 10.2. The quantitative estimate of drug-likeness (QED) is 0.0308. The summed E-state index contributed by atoms with van der Waals surface area (Å²) in [5.74, 6) is -0.00223. The summed E-state index contributed by atoms with van der Waals surface area (Å²) in [5, 5.41) is 11.3. The van der Waals surface area contributed by atoms with Crippen molar-refractivity contribution in [2.45, 2.75) is 82.1 Å². The van der Waals surface area contributed by atoms with Crippen LogP contribution in [0.2, 0.25) is 0 Å². The van der Waals surface area contributed by atoms with Crippen molar-refractivity contribution >= 4 is 45.8 Å². The van der Waals surface area contributed by atoms with Crippen molar-refractivity contribution in [2.24, 2.45) is 5.92 Å². The van der Waals surface area contributed by atoms with Crippen LogP contribution in [-0.4, -0.2) is 122 Å². The molecule has 0 radical (unpaired) electrons. The summed E-state index contributed by atoms with van der Waals surface area (Å²) < 4.78 is 29.0. The average Bonchev–Trinajstić information content (AvgIpc) is 3.81. The largest absolute Gasteiger partial charge is 0.491 e. The van der Waals surface area contributed by atoms with Gasteiger partial charge >= 0.3 is 0 Å². The zero-order chi connectivity index (χ0) is 50.6. The molecule has 382 valence electrons. The summed E-state index contributed by atoms with van der Waals surface area (Å²) in [4.78, 5) is 69.7. The third-order valence-electron chi connectivity index (χ3n) is 14.3. The second kappa shape index (κ2) is 24.2. The fourth-order valence-electron chi connectivity index (χ4n) is 10.2. The van der Waals surface area contributed by atoms with E-state index in [0.717, 1.165) is 88.0 Å². The number of amides is 3. The maximum atomic E-state index is 15.0. The first-order chi connectivity index (χ1) is 35.7. The number of carbonyl (C=O) groups excluding carboxylic acids is 4. The van der Waals surface area contributed by atoms with E-state index in [0.29, 0.717) is 69.9 Å². The van der Waals surface area contributed by atoms with Crippen LogP contribution in [0.25, 0.3) is 32.9 Å². The second-order valence-electron chi connectivity index (χ2n) is 19.0. The van der Waals surface area contributed by atoms with E-state index < -0.39 is 29.6 Å². The maximum absolute atomic E-state index is 15.0. The molecule has 4 N–H and O–H groups in total. The smallest absolute Gasteiger partial charge is 0.246 e. The molecule has 2 aliphatic carbocycles. The van der Waals surface area contributed by atoms with Gasteiger partial charge in [0.25, 0.3) is 0 Å². The van der Waals surface area contributed by atoms with Gasteiger partial charge in [-0.05, 0) is 97.3 Å². The van der Waals surface area contributed by atoms with E-state index in [2.05, 4.69) is 49.1 Å². The lowest BCUT2D eigenvalue weighted by Crippen LogP contribution is -2.62. The average molecular weight is 992 g/mol. The Morgan fingerprint density at radius 3 is 2.30 bits per heavy atom. The van der Waals surface area contributed by atoms with E-state index >= 15 is 0 Å². The first-order valence-electron chi connectivity index (χ1n) is 25.5. The topological polar surface area (TPSA) is 195 Å². The van der Waals surface area contributed by atoms with Gasteiger partial charge in [-0.2, -0.15) is 0 Å². The fraction of sp³-hybridized carbons (Fsp3) is 0.404. The first kappa shape index (κ1) is 50.9. The first-order valence-corrected chi connectivity index (χ1v) is 25.5. The van der Waals surface area contributed by atoms with Crippen molar-refractivity contribution in [3.8, 4) is 22.8 Å². The van der Waals surface area contributed by atoms with Crippen LogP contribution in [-0.2, 0) is 58.3 Å². The van der Waals surface area contributed by atoms with Crippen molar-refractivity contribution in [2.75, 3.05) is 59.9 Å². The number of pyridine rings is 2. The van der Waals surface area contributed by atoms with Crippen molar-refractivity contribution in [1.29, 1.82) is 0 Å². The molecule has 3 aromatic carbocycles. The number of rotatable bonds is 23. The van der Waals surface area contributed by atoms with Crippen LogP contribution in [0.4, 0.5) is 0 Å². The highest BCUT2D eigenvalue weighted by Gasteiger charge is 2.44. The minimum absolute atomic E-state index is 0.0829. The Kier molecular flexibility index (Phi) is 16.9. The minimum atomic E-state index is -1.39. The van der Waals surface area contributed by atoms with Gasteiger partial charge in [-0.25, -0.2) is 4.98 Å². The summed E-state index contributed by atoms with van der Waals surface area (Å²) in [5.41, 5.74) is 6.14. The highest BCUT2D eigenvalue weighted by molar-refractivity contribution is 6.07. The number of H-pyrrole nitrogens is 1. The maximum Gasteiger partial charge on any atom is 0.246 e.